The number of para-hydroxylation sites is 1. The number of pyridine rings is 1. The predicted molar refractivity (Wildman–Crippen MR) is 129 cm³/mol. The molecule has 4 aromatic rings. The van der Waals surface area contributed by atoms with E-state index in [1.54, 1.807) is 12.3 Å². The third-order valence-electron chi connectivity index (χ3n) is 4.85. The molecular weight excluding hydrogens is 398 g/mol. The topological polar surface area (TPSA) is 63.6 Å². The van der Waals surface area contributed by atoms with Gasteiger partial charge in [0.25, 0.3) is 5.91 Å². The lowest BCUT2D eigenvalue weighted by molar-refractivity contribution is 0.0956. The number of hydrogen-bond acceptors (Lipinski definition) is 4. The molecule has 1 N–H and O–H groups in total. The maximum Gasteiger partial charge on any atom is 0.272 e. The molecule has 0 fully saturated rings. The van der Waals surface area contributed by atoms with Crippen molar-refractivity contribution < 1.29 is 9.53 Å². The molecule has 0 aliphatic rings. The van der Waals surface area contributed by atoms with Gasteiger partial charge in [-0.1, -0.05) is 74.5 Å². The Hall–Kier alpha value is -3.99. The number of amides is 1. The Morgan fingerprint density at radius 3 is 2.59 bits per heavy atom. The van der Waals surface area contributed by atoms with Crippen LogP contribution in [0.25, 0.3) is 22.2 Å². The first-order valence-corrected chi connectivity index (χ1v) is 10.6. The summed E-state index contributed by atoms with van der Waals surface area (Å²) in [6.07, 6.45) is 1.62. The zero-order chi connectivity index (χ0) is 22.3. The molecular formula is C27H25N3O2. The molecule has 1 amide bonds. The lowest BCUT2D eigenvalue weighted by atomic mass is 10.0. The minimum absolute atomic E-state index is 0.288. The Morgan fingerprint density at radius 2 is 1.78 bits per heavy atom. The Labute approximate surface area is 187 Å². The number of hydrazone groups is 1. The highest BCUT2D eigenvalue weighted by Crippen LogP contribution is 2.27. The first-order chi connectivity index (χ1) is 15.6. The highest BCUT2D eigenvalue weighted by atomic mass is 16.5. The Bertz CT molecular complexity index is 1250. The van der Waals surface area contributed by atoms with E-state index in [-0.39, 0.29) is 5.91 Å². The zero-order valence-corrected chi connectivity index (χ0v) is 18.2. The number of carbonyl (C=O) groups is 1. The van der Waals surface area contributed by atoms with Crippen molar-refractivity contribution in [1.29, 1.82) is 0 Å². The van der Waals surface area contributed by atoms with Crippen LogP contribution in [0.4, 0.5) is 0 Å². The van der Waals surface area contributed by atoms with E-state index < -0.39 is 0 Å². The molecule has 0 bridgehead atoms. The zero-order valence-electron chi connectivity index (χ0n) is 18.2. The quantitative estimate of drug-likeness (QED) is 0.306. The van der Waals surface area contributed by atoms with Gasteiger partial charge in [0.1, 0.15) is 5.75 Å². The highest BCUT2D eigenvalue weighted by Gasteiger charge is 2.14. The van der Waals surface area contributed by atoms with E-state index in [1.807, 2.05) is 78.9 Å². The number of carbonyl (C=O) groups excluding carboxylic acids is 1. The van der Waals surface area contributed by atoms with Crippen LogP contribution in [0.2, 0.25) is 0 Å². The number of nitrogens with zero attached hydrogens (tertiary/aromatic N) is 2. The normalized spacial score (nSPS) is 11.2. The first-order valence-electron chi connectivity index (χ1n) is 10.6. The Kier molecular flexibility index (Phi) is 6.56. The number of fused-ring (bicyclic) bond motifs is 1. The van der Waals surface area contributed by atoms with Crippen molar-refractivity contribution in [2.45, 2.75) is 13.8 Å². The SMILES string of the molecule is CC(C)COc1cccc(-c2cc(C(=O)NN=Cc3ccccc3)c3ccccc3n2)c1. The van der Waals surface area contributed by atoms with Gasteiger partial charge in [0.05, 0.1) is 29.6 Å². The van der Waals surface area contributed by atoms with Crippen molar-refractivity contribution in [3.05, 3.63) is 96.1 Å². The molecule has 0 aliphatic carbocycles. The largest absolute Gasteiger partial charge is 0.493 e. The van der Waals surface area contributed by atoms with Crippen LogP contribution in [0.5, 0.6) is 5.75 Å². The number of nitrogens with one attached hydrogen (secondary N) is 1. The van der Waals surface area contributed by atoms with Gasteiger partial charge in [0.15, 0.2) is 0 Å². The van der Waals surface area contributed by atoms with Gasteiger partial charge in [0, 0.05) is 10.9 Å². The molecule has 0 aliphatic heterocycles. The summed E-state index contributed by atoms with van der Waals surface area (Å²) in [5.41, 5.74) is 6.41. The van der Waals surface area contributed by atoms with E-state index in [0.717, 1.165) is 27.8 Å². The van der Waals surface area contributed by atoms with Crippen LogP contribution in [0.1, 0.15) is 29.8 Å². The summed E-state index contributed by atoms with van der Waals surface area (Å²) >= 11 is 0. The molecule has 5 heteroatoms. The van der Waals surface area contributed by atoms with Gasteiger partial charge in [-0.3, -0.25) is 4.79 Å². The van der Waals surface area contributed by atoms with Gasteiger partial charge in [-0.25, -0.2) is 10.4 Å². The van der Waals surface area contributed by atoms with Gasteiger partial charge in [-0.15, -0.1) is 0 Å². The highest BCUT2D eigenvalue weighted by molar-refractivity contribution is 6.07. The predicted octanol–water partition coefficient (Wildman–Crippen LogP) is 5.70. The fourth-order valence-corrected chi connectivity index (χ4v) is 3.28. The number of benzene rings is 3. The summed E-state index contributed by atoms with van der Waals surface area (Å²) < 4.78 is 5.86. The molecule has 0 atom stereocenters. The Morgan fingerprint density at radius 1 is 1.00 bits per heavy atom. The fourth-order valence-electron chi connectivity index (χ4n) is 3.28. The molecule has 1 heterocycles. The van der Waals surface area contributed by atoms with Gasteiger partial charge in [0.2, 0.25) is 0 Å². The molecule has 1 aromatic heterocycles. The summed E-state index contributed by atoms with van der Waals surface area (Å²) in [6.45, 7) is 4.86. The van der Waals surface area contributed by atoms with Crippen molar-refractivity contribution in [3.63, 3.8) is 0 Å². The van der Waals surface area contributed by atoms with Crippen LogP contribution >= 0.6 is 0 Å². The summed E-state index contributed by atoms with van der Waals surface area (Å²) in [4.78, 5) is 17.8. The van der Waals surface area contributed by atoms with Crippen LogP contribution in [0.3, 0.4) is 0 Å². The number of rotatable bonds is 7. The van der Waals surface area contributed by atoms with Gasteiger partial charge < -0.3 is 4.74 Å². The maximum absolute atomic E-state index is 13.0. The van der Waals surface area contributed by atoms with E-state index in [9.17, 15) is 4.79 Å². The molecule has 32 heavy (non-hydrogen) atoms. The summed E-state index contributed by atoms with van der Waals surface area (Å²) in [7, 11) is 0. The molecule has 4 rings (SSSR count). The molecule has 0 unspecified atom stereocenters. The minimum Gasteiger partial charge on any atom is -0.493 e. The summed E-state index contributed by atoms with van der Waals surface area (Å²) in [5.74, 6) is 0.929. The second-order valence-corrected chi connectivity index (χ2v) is 7.91. The van der Waals surface area contributed by atoms with E-state index >= 15 is 0 Å². The molecule has 0 radical (unpaired) electrons. The van der Waals surface area contributed by atoms with Crippen LogP contribution in [-0.2, 0) is 0 Å². The van der Waals surface area contributed by atoms with Crippen LogP contribution in [0.15, 0.2) is 90.0 Å². The molecule has 0 saturated heterocycles. The van der Waals surface area contributed by atoms with Crippen molar-refractivity contribution in [2.75, 3.05) is 6.61 Å². The lowest BCUT2D eigenvalue weighted by Crippen LogP contribution is -2.18. The Balaban J connectivity index is 1.65. The summed E-state index contributed by atoms with van der Waals surface area (Å²) in [5, 5.41) is 4.89. The smallest absolute Gasteiger partial charge is 0.272 e. The summed E-state index contributed by atoms with van der Waals surface area (Å²) in [6, 6.07) is 26.8. The lowest BCUT2D eigenvalue weighted by Gasteiger charge is -2.11. The van der Waals surface area contributed by atoms with Crippen LogP contribution < -0.4 is 10.2 Å². The van der Waals surface area contributed by atoms with Crippen molar-refractivity contribution in [3.8, 4) is 17.0 Å². The van der Waals surface area contributed by atoms with Crippen LogP contribution in [0, 0.1) is 5.92 Å². The monoisotopic (exact) mass is 423 g/mol. The van der Waals surface area contributed by atoms with Crippen molar-refractivity contribution >= 4 is 23.0 Å². The van der Waals surface area contributed by atoms with Crippen molar-refractivity contribution in [1.82, 2.24) is 10.4 Å². The fraction of sp³-hybridized carbons (Fsp3) is 0.148. The van der Waals surface area contributed by atoms with E-state index in [4.69, 9.17) is 9.72 Å². The third-order valence-corrected chi connectivity index (χ3v) is 4.85. The van der Waals surface area contributed by atoms with E-state index in [0.29, 0.717) is 23.8 Å². The molecule has 0 saturated carbocycles. The van der Waals surface area contributed by atoms with E-state index in [2.05, 4.69) is 24.4 Å². The molecule has 3 aromatic carbocycles. The van der Waals surface area contributed by atoms with E-state index in [1.165, 1.54) is 0 Å². The average Bonchev–Trinajstić information content (AvgIpc) is 2.83. The van der Waals surface area contributed by atoms with Crippen LogP contribution in [-0.4, -0.2) is 23.7 Å². The van der Waals surface area contributed by atoms with Crippen molar-refractivity contribution in [2.24, 2.45) is 11.0 Å². The number of ether oxygens (including phenoxy) is 1. The second kappa shape index (κ2) is 9.88. The third kappa shape index (κ3) is 5.19. The number of hydrogen-bond donors (Lipinski definition) is 1. The average molecular weight is 424 g/mol. The van der Waals surface area contributed by atoms with Gasteiger partial charge in [-0.05, 0) is 35.7 Å². The second-order valence-electron chi connectivity index (χ2n) is 7.91. The first kappa shape index (κ1) is 21.2. The minimum atomic E-state index is -0.288. The van der Waals surface area contributed by atoms with Gasteiger partial charge in [-0.2, -0.15) is 5.10 Å². The maximum atomic E-state index is 13.0. The molecule has 0 spiro atoms. The van der Waals surface area contributed by atoms with Gasteiger partial charge >= 0.3 is 0 Å². The standard InChI is InChI=1S/C27H25N3O2/c1-19(2)18-32-22-12-8-11-21(15-22)26-16-24(23-13-6-7-14-25(23)29-26)27(31)30-28-17-20-9-4-3-5-10-20/h3-17,19H,18H2,1-2H3,(H,30,31). The molecule has 5 nitrogen and oxygen atoms in total. The number of aromatic nitrogens is 1. The molecule has 160 valence electrons.